The quantitative estimate of drug-likeness (QED) is 0.885. The fourth-order valence-corrected chi connectivity index (χ4v) is 1.33. The number of benzene rings is 1. The number of hydrogen-bond donors (Lipinski definition) is 1. The van der Waals surface area contributed by atoms with E-state index in [4.69, 9.17) is 10.5 Å². The van der Waals surface area contributed by atoms with Crippen LogP contribution in [0.3, 0.4) is 0 Å². The summed E-state index contributed by atoms with van der Waals surface area (Å²) in [7, 11) is 0. The fourth-order valence-electron chi connectivity index (χ4n) is 1.33. The molecule has 0 bridgehead atoms. The van der Waals surface area contributed by atoms with E-state index < -0.39 is 11.7 Å². The van der Waals surface area contributed by atoms with Crippen LogP contribution in [0.1, 0.15) is 31.4 Å². The van der Waals surface area contributed by atoms with E-state index in [0.29, 0.717) is 11.3 Å². The molecule has 0 saturated carbocycles. The molecule has 0 aliphatic rings. The second kappa shape index (κ2) is 5.40. The Morgan fingerprint density at radius 2 is 2.00 bits per heavy atom. The van der Waals surface area contributed by atoms with Crippen molar-refractivity contribution in [3.63, 3.8) is 0 Å². The third-order valence-electron chi connectivity index (χ3n) is 2.51. The van der Waals surface area contributed by atoms with Crippen LogP contribution < -0.4 is 10.5 Å². The van der Waals surface area contributed by atoms with Gasteiger partial charge in [-0.1, -0.05) is 6.92 Å². The first-order valence-electron chi connectivity index (χ1n) is 5.45. The summed E-state index contributed by atoms with van der Waals surface area (Å²) in [5, 5.41) is 0. The number of ether oxygens (including phenoxy) is 1. The molecule has 1 rings (SSSR count). The van der Waals surface area contributed by atoms with Gasteiger partial charge >= 0.3 is 6.18 Å². The summed E-state index contributed by atoms with van der Waals surface area (Å²) in [6.45, 7) is 3.82. The molecule has 1 aromatic carbocycles. The van der Waals surface area contributed by atoms with Gasteiger partial charge in [-0.05, 0) is 31.5 Å². The van der Waals surface area contributed by atoms with E-state index in [1.807, 2.05) is 13.8 Å². The van der Waals surface area contributed by atoms with Gasteiger partial charge in [0.05, 0.1) is 11.7 Å². The van der Waals surface area contributed by atoms with Gasteiger partial charge in [0.1, 0.15) is 5.75 Å². The van der Waals surface area contributed by atoms with Crippen molar-refractivity contribution in [2.45, 2.75) is 39.1 Å². The van der Waals surface area contributed by atoms with E-state index in [0.717, 1.165) is 18.6 Å². The first-order chi connectivity index (χ1) is 7.88. The lowest BCUT2D eigenvalue weighted by Crippen LogP contribution is -2.13. The molecule has 1 aromatic rings. The molecule has 5 heteroatoms. The Labute approximate surface area is 98.6 Å². The van der Waals surface area contributed by atoms with Gasteiger partial charge in [-0.25, -0.2) is 0 Å². The monoisotopic (exact) mass is 247 g/mol. The molecule has 17 heavy (non-hydrogen) atoms. The number of nitrogens with two attached hydrogens (primary N) is 1. The Hall–Kier alpha value is -1.23. The molecule has 2 nitrogen and oxygen atoms in total. The smallest absolute Gasteiger partial charge is 0.416 e. The first-order valence-corrected chi connectivity index (χ1v) is 5.45. The van der Waals surface area contributed by atoms with Crippen LogP contribution in [0.5, 0.6) is 5.75 Å². The molecule has 0 aromatic heterocycles. The first kappa shape index (κ1) is 13.8. The van der Waals surface area contributed by atoms with E-state index in [1.165, 1.54) is 6.07 Å². The normalized spacial score (nSPS) is 13.5. The van der Waals surface area contributed by atoms with Crippen LogP contribution in [-0.4, -0.2) is 6.10 Å². The Morgan fingerprint density at radius 1 is 1.35 bits per heavy atom. The molecule has 0 saturated heterocycles. The van der Waals surface area contributed by atoms with Gasteiger partial charge in [0, 0.05) is 12.1 Å². The lowest BCUT2D eigenvalue weighted by Gasteiger charge is -2.17. The summed E-state index contributed by atoms with van der Waals surface area (Å²) < 4.78 is 43.0. The molecule has 0 heterocycles. The fraction of sp³-hybridized carbons (Fsp3) is 0.500. The second-order valence-electron chi connectivity index (χ2n) is 3.86. The van der Waals surface area contributed by atoms with Crippen LogP contribution >= 0.6 is 0 Å². The van der Waals surface area contributed by atoms with Crippen LogP contribution in [0.4, 0.5) is 13.2 Å². The van der Waals surface area contributed by atoms with Crippen LogP contribution in [0.15, 0.2) is 18.2 Å². The van der Waals surface area contributed by atoms with Crippen LogP contribution in [0, 0.1) is 0 Å². The Kier molecular flexibility index (Phi) is 4.40. The van der Waals surface area contributed by atoms with Crippen molar-refractivity contribution in [1.82, 2.24) is 0 Å². The van der Waals surface area contributed by atoms with Gasteiger partial charge in [0.25, 0.3) is 0 Å². The molecular weight excluding hydrogens is 231 g/mol. The van der Waals surface area contributed by atoms with Crippen molar-refractivity contribution in [3.8, 4) is 5.75 Å². The van der Waals surface area contributed by atoms with Crippen molar-refractivity contribution in [3.05, 3.63) is 29.3 Å². The maximum absolute atomic E-state index is 12.5. The predicted octanol–water partition coefficient (Wildman–Crippen LogP) is 3.34. The lowest BCUT2D eigenvalue weighted by atomic mass is 10.1. The number of halogens is 3. The van der Waals surface area contributed by atoms with Gasteiger partial charge in [0.2, 0.25) is 0 Å². The summed E-state index contributed by atoms with van der Waals surface area (Å²) in [6.07, 6.45) is -3.61. The molecular formula is C12H16F3NO. The highest BCUT2D eigenvalue weighted by Crippen LogP contribution is 2.32. The van der Waals surface area contributed by atoms with Crippen molar-refractivity contribution >= 4 is 0 Å². The van der Waals surface area contributed by atoms with E-state index in [1.54, 1.807) is 0 Å². The average molecular weight is 247 g/mol. The van der Waals surface area contributed by atoms with Crippen LogP contribution in [0.2, 0.25) is 0 Å². The zero-order valence-electron chi connectivity index (χ0n) is 9.84. The molecule has 0 aliphatic carbocycles. The minimum Gasteiger partial charge on any atom is -0.490 e. The number of alkyl halides is 3. The summed E-state index contributed by atoms with van der Waals surface area (Å²) >= 11 is 0. The Morgan fingerprint density at radius 3 is 2.47 bits per heavy atom. The molecule has 0 amide bonds. The molecule has 0 spiro atoms. The molecule has 2 N–H and O–H groups in total. The average Bonchev–Trinajstić information content (AvgIpc) is 2.27. The summed E-state index contributed by atoms with van der Waals surface area (Å²) in [5.74, 6) is 0.426. The Balaban J connectivity index is 3.01. The maximum atomic E-state index is 12.5. The topological polar surface area (TPSA) is 35.2 Å². The summed E-state index contributed by atoms with van der Waals surface area (Å²) in [4.78, 5) is 0. The van der Waals surface area contributed by atoms with E-state index in [-0.39, 0.29) is 12.6 Å². The van der Waals surface area contributed by atoms with Gasteiger partial charge in [-0.2, -0.15) is 13.2 Å². The molecule has 0 fully saturated rings. The van der Waals surface area contributed by atoms with Gasteiger partial charge in [0.15, 0.2) is 0 Å². The van der Waals surface area contributed by atoms with Crippen molar-refractivity contribution in [2.75, 3.05) is 0 Å². The van der Waals surface area contributed by atoms with Gasteiger partial charge < -0.3 is 10.5 Å². The van der Waals surface area contributed by atoms with Crippen molar-refractivity contribution in [1.29, 1.82) is 0 Å². The maximum Gasteiger partial charge on any atom is 0.416 e. The highest BCUT2D eigenvalue weighted by atomic mass is 19.4. The summed E-state index contributed by atoms with van der Waals surface area (Å²) in [5.41, 5.74) is 5.11. The van der Waals surface area contributed by atoms with Crippen LogP contribution in [0.25, 0.3) is 0 Å². The standard InChI is InChI=1S/C12H16F3NO/c1-3-8(2)17-11-5-4-10(12(13,14)15)6-9(11)7-16/h4-6,8H,3,7,16H2,1-2H3. The molecule has 96 valence electrons. The predicted molar refractivity (Wildman–Crippen MR) is 59.7 cm³/mol. The lowest BCUT2D eigenvalue weighted by molar-refractivity contribution is -0.137. The number of rotatable bonds is 4. The minimum absolute atomic E-state index is 0.0235. The van der Waals surface area contributed by atoms with Gasteiger partial charge in [-0.3, -0.25) is 0 Å². The highest BCUT2D eigenvalue weighted by molar-refractivity contribution is 5.38. The third kappa shape index (κ3) is 3.63. The number of hydrogen-bond acceptors (Lipinski definition) is 2. The third-order valence-corrected chi connectivity index (χ3v) is 2.51. The molecule has 1 unspecified atom stereocenters. The second-order valence-corrected chi connectivity index (χ2v) is 3.86. The largest absolute Gasteiger partial charge is 0.490 e. The van der Waals surface area contributed by atoms with Crippen LogP contribution in [-0.2, 0) is 12.7 Å². The summed E-state index contributed by atoms with van der Waals surface area (Å²) in [6, 6.07) is 3.38. The van der Waals surface area contributed by atoms with E-state index in [9.17, 15) is 13.2 Å². The molecule has 0 radical (unpaired) electrons. The van der Waals surface area contributed by atoms with E-state index >= 15 is 0 Å². The van der Waals surface area contributed by atoms with Crippen molar-refractivity contribution < 1.29 is 17.9 Å². The SMILES string of the molecule is CCC(C)Oc1ccc(C(F)(F)F)cc1CN. The van der Waals surface area contributed by atoms with E-state index in [2.05, 4.69) is 0 Å². The molecule has 1 atom stereocenters. The zero-order valence-corrected chi connectivity index (χ0v) is 9.84. The molecule has 0 aliphatic heterocycles. The minimum atomic E-state index is -4.35. The van der Waals surface area contributed by atoms with Gasteiger partial charge in [-0.15, -0.1) is 0 Å². The van der Waals surface area contributed by atoms with Crippen molar-refractivity contribution in [2.24, 2.45) is 5.73 Å². The highest BCUT2D eigenvalue weighted by Gasteiger charge is 2.31. The Bertz CT molecular complexity index is 377. The zero-order chi connectivity index (χ0) is 13.1.